The lowest BCUT2D eigenvalue weighted by Gasteiger charge is -2.12. The van der Waals surface area contributed by atoms with E-state index in [-0.39, 0.29) is 0 Å². The molecule has 406 valence electrons. The Bertz CT molecular complexity index is 4960. The Morgan fingerprint density at radius 2 is 0.448 bits per heavy atom. The predicted octanol–water partition coefficient (Wildman–Crippen LogP) is 18.4. The van der Waals surface area contributed by atoms with Crippen molar-refractivity contribution in [2.24, 2.45) is 0 Å². The maximum Gasteiger partial charge on any atom is 0.164 e. The molecule has 0 radical (unpaired) electrons. The number of nitrogens with zero attached hydrogens (tertiary/aromatic N) is 10. The topological polar surface area (TPSA) is 105 Å². The van der Waals surface area contributed by atoms with Crippen LogP contribution in [0.2, 0.25) is 0 Å². The van der Waals surface area contributed by atoms with Crippen molar-refractivity contribution in [3.05, 3.63) is 292 Å². The van der Waals surface area contributed by atoms with E-state index in [1.807, 2.05) is 135 Å². The van der Waals surface area contributed by atoms with Crippen LogP contribution in [0.4, 0.5) is 0 Å². The minimum absolute atomic E-state index is 0.600. The molecule has 0 unspecified atom stereocenters. The van der Waals surface area contributed by atoms with Crippen LogP contribution >= 0.6 is 0 Å². The first-order valence-corrected chi connectivity index (χ1v) is 29.0. The summed E-state index contributed by atoms with van der Waals surface area (Å²) in [5.41, 5.74) is 21.1. The molecular formula is C77H48N10. The highest BCUT2D eigenvalue weighted by Gasteiger charge is 2.22. The fraction of sp³-hybridized carbons (Fsp3) is 0. The van der Waals surface area contributed by atoms with Crippen molar-refractivity contribution in [2.75, 3.05) is 0 Å². The van der Waals surface area contributed by atoms with Crippen molar-refractivity contribution in [3.8, 4) is 95.7 Å². The Morgan fingerprint density at radius 3 is 0.759 bits per heavy atom. The molecule has 9 aromatic carbocycles. The average molecular weight is 1110 g/mol. The molecule has 0 fully saturated rings. The summed E-state index contributed by atoms with van der Waals surface area (Å²) in [5, 5.41) is 6.82. The average Bonchev–Trinajstić information content (AvgIpc) is 1.86. The van der Waals surface area contributed by atoms with Gasteiger partial charge in [0.1, 0.15) is 0 Å². The van der Waals surface area contributed by atoms with Crippen LogP contribution < -0.4 is 0 Å². The molecule has 0 spiro atoms. The van der Waals surface area contributed by atoms with Crippen molar-refractivity contribution in [3.63, 3.8) is 0 Å². The molecule has 10 nitrogen and oxygen atoms in total. The van der Waals surface area contributed by atoms with Crippen LogP contribution in [-0.2, 0) is 0 Å². The molecule has 87 heavy (non-hydrogen) atoms. The number of hydrogen-bond donors (Lipinski definition) is 0. The Morgan fingerprint density at radius 1 is 0.195 bits per heavy atom. The Kier molecular flexibility index (Phi) is 11.6. The fourth-order valence-electron chi connectivity index (χ4n) is 12.7. The van der Waals surface area contributed by atoms with Gasteiger partial charge in [-0.2, -0.15) is 0 Å². The van der Waals surface area contributed by atoms with Gasteiger partial charge in [-0.1, -0.05) is 109 Å². The summed E-state index contributed by atoms with van der Waals surface area (Å²) in [7, 11) is 0. The number of aromatic nitrogens is 10. The Balaban J connectivity index is 0.881. The second-order valence-electron chi connectivity index (χ2n) is 21.9. The molecule has 8 heterocycles. The monoisotopic (exact) mass is 1110 g/mol. The summed E-state index contributed by atoms with van der Waals surface area (Å²) in [4.78, 5) is 33.1. The van der Waals surface area contributed by atoms with Crippen molar-refractivity contribution in [1.82, 2.24) is 48.6 Å². The third-order valence-corrected chi connectivity index (χ3v) is 16.8. The van der Waals surface area contributed by atoms with Crippen LogP contribution in [0.15, 0.2) is 292 Å². The van der Waals surface area contributed by atoms with Gasteiger partial charge >= 0.3 is 0 Å². The molecule has 0 bridgehead atoms. The van der Waals surface area contributed by atoms with Gasteiger partial charge in [0.2, 0.25) is 0 Å². The van der Waals surface area contributed by atoms with E-state index < -0.39 is 0 Å². The molecule has 8 aromatic heterocycles. The first kappa shape index (κ1) is 49.6. The van der Waals surface area contributed by atoms with E-state index in [0.29, 0.717) is 17.5 Å². The van der Waals surface area contributed by atoms with E-state index in [1.54, 1.807) is 0 Å². The Labute approximate surface area is 499 Å². The van der Waals surface area contributed by atoms with Crippen LogP contribution in [0, 0.1) is 0 Å². The largest absolute Gasteiger partial charge is 0.309 e. The van der Waals surface area contributed by atoms with Crippen LogP contribution in [0.25, 0.3) is 161 Å². The molecule has 10 heteroatoms. The van der Waals surface area contributed by atoms with Crippen LogP contribution in [0.3, 0.4) is 0 Å². The number of fused-ring (bicyclic) bond motifs is 9. The SMILES string of the molecule is c1ccc(-c2nc(-c3ccccc3)nc(-c3ccc(-n4c5ccc(-n6c7ccc(-c8cccnc8)cc7c7cc(-c8cccnc8)ccc76)cc5c5cc(-n6c7ccc(-c8cccnc8)cc7c7cc(-c8cccnc8)ccc76)ccc54)cc3)n2)cc1. The van der Waals surface area contributed by atoms with Crippen molar-refractivity contribution in [1.29, 1.82) is 0 Å². The van der Waals surface area contributed by atoms with E-state index in [9.17, 15) is 0 Å². The highest BCUT2D eigenvalue weighted by Crippen LogP contribution is 2.43. The van der Waals surface area contributed by atoms with Crippen LogP contribution in [0.5, 0.6) is 0 Å². The van der Waals surface area contributed by atoms with Gasteiger partial charge in [-0.25, -0.2) is 15.0 Å². The van der Waals surface area contributed by atoms with Gasteiger partial charge < -0.3 is 13.7 Å². The molecular weight excluding hydrogens is 1060 g/mol. The van der Waals surface area contributed by atoms with E-state index in [0.717, 1.165) is 144 Å². The lowest BCUT2D eigenvalue weighted by atomic mass is 10.0. The molecule has 0 N–H and O–H groups in total. The number of rotatable bonds is 10. The highest BCUT2D eigenvalue weighted by molar-refractivity contribution is 6.15. The van der Waals surface area contributed by atoms with E-state index in [2.05, 4.69) is 191 Å². The number of hydrogen-bond acceptors (Lipinski definition) is 7. The summed E-state index contributed by atoms with van der Waals surface area (Å²) in [6.45, 7) is 0. The van der Waals surface area contributed by atoms with Crippen LogP contribution in [0.1, 0.15) is 0 Å². The quantitative estimate of drug-likeness (QED) is 0.134. The zero-order valence-corrected chi connectivity index (χ0v) is 46.7. The van der Waals surface area contributed by atoms with Crippen molar-refractivity contribution < 1.29 is 0 Å². The molecule has 0 aliphatic heterocycles. The molecule has 0 saturated carbocycles. The van der Waals surface area contributed by atoms with Gasteiger partial charge in [0.05, 0.1) is 33.1 Å². The van der Waals surface area contributed by atoms with Gasteiger partial charge in [0, 0.05) is 138 Å². The maximum atomic E-state index is 5.08. The Hall–Kier alpha value is -12.0. The van der Waals surface area contributed by atoms with Crippen molar-refractivity contribution >= 4 is 65.4 Å². The van der Waals surface area contributed by atoms with Gasteiger partial charge in [0.15, 0.2) is 17.5 Å². The van der Waals surface area contributed by atoms with E-state index >= 15 is 0 Å². The first-order chi connectivity index (χ1) is 43.1. The molecule has 0 saturated heterocycles. The van der Waals surface area contributed by atoms with Gasteiger partial charge in [0.25, 0.3) is 0 Å². The summed E-state index contributed by atoms with van der Waals surface area (Å²) in [5.74, 6) is 1.84. The lowest BCUT2D eigenvalue weighted by molar-refractivity contribution is 1.07. The summed E-state index contributed by atoms with van der Waals surface area (Å²) in [6.07, 6.45) is 15.0. The molecule has 0 aliphatic rings. The zero-order chi connectivity index (χ0) is 57.4. The highest BCUT2D eigenvalue weighted by atomic mass is 15.0. The molecule has 0 atom stereocenters. The normalized spacial score (nSPS) is 11.7. The first-order valence-electron chi connectivity index (χ1n) is 29.0. The summed E-state index contributed by atoms with van der Waals surface area (Å²) in [6, 6.07) is 86.3. The third kappa shape index (κ3) is 8.53. The van der Waals surface area contributed by atoms with E-state index in [1.165, 1.54) is 0 Å². The summed E-state index contributed by atoms with van der Waals surface area (Å²) < 4.78 is 7.22. The molecule has 17 rings (SSSR count). The fourth-order valence-corrected chi connectivity index (χ4v) is 12.7. The second kappa shape index (κ2) is 20.4. The predicted molar refractivity (Wildman–Crippen MR) is 352 cm³/mol. The van der Waals surface area contributed by atoms with Gasteiger partial charge in [-0.3, -0.25) is 19.9 Å². The van der Waals surface area contributed by atoms with Crippen LogP contribution in [-0.4, -0.2) is 48.6 Å². The number of pyridine rings is 4. The molecule has 0 aliphatic carbocycles. The molecule has 17 aromatic rings. The standard InChI is InChI=1S/C77H48N10/c1-3-11-49(12-4-1)75-82-76(50-13-5-2-6-14-50)84-77(83-75)51-19-25-60(26-20-51)85-73-33-27-61(86-69-29-21-52(56-15-7-35-78-45-56)39-63(69)64-40-53(22-30-70(64)86)57-16-8-36-79-46-57)43-67(73)68-44-62(28-34-74(68)85)87-71-31-23-54(58-17-9-37-80-47-58)41-65(71)66-42-55(24-32-72(66)87)59-18-10-38-81-48-59/h1-48H. The summed E-state index contributed by atoms with van der Waals surface area (Å²) >= 11 is 0. The van der Waals surface area contributed by atoms with E-state index in [4.69, 9.17) is 15.0 Å². The second-order valence-corrected chi connectivity index (χ2v) is 21.9. The minimum Gasteiger partial charge on any atom is -0.309 e. The zero-order valence-electron chi connectivity index (χ0n) is 46.7. The van der Waals surface area contributed by atoms with Crippen molar-refractivity contribution in [2.45, 2.75) is 0 Å². The smallest absolute Gasteiger partial charge is 0.164 e. The molecule has 0 amide bonds. The van der Waals surface area contributed by atoms with Gasteiger partial charge in [-0.15, -0.1) is 0 Å². The number of benzene rings is 9. The maximum absolute atomic E-state index is 5.08. The minimum atomic E-state index is 0.600. The van der Waals surface area contributed by atoms with Gasteiger partial charge in [-0.05, 0) is 156 Å². The third-order valence-electron chi connectivity index (χ3n) is 16.8. The lowest BCUT2D eigenvalue weighted by Crippen LogP contribution is -2.00.